The molecule has 0 aliphatic carbocycles. The fraction of sp³-hybridized carbons (Fsp3) is 0.364. The van der Waals surface area contributed by atoms with Gasteiger partial charge in [0.1, 0.15) is 0 Å². The van der Waals surface area contributed by atoms with Crippen molar-refractivity contribution in [2.24, 2.45) is 5.73 Å². The van der Waals surface area contributed by atoms with Gasteiger partial charge in [0, 0.05) is 6.42 Å². The van der Waals surface area contributed by atoms with Gasteiger partial charge in [-0.25, -0.2) is 0 Å². The van der Waals surface area contributed by atoms with Gasteiger partial charge >= 0.3 is 0 Å². The Morgan fingerprint density at radius 3 is 2.36 bits per heavy atom. The van der Waals surface area contributed by atoms with Crippen molar-refractivity contribution in [2.75, 3.05) is 0 Å². The molecule has 0 amide bonds. The zero-order chi connectivity index (χ0) is 9.68. The molecule has 1 unspecified atom stereocenters. The van der Waals surface area contributed by atoms with Crippen LogP contribution in [-0.2, 0) is 0 Å². The molecule has 1 atom stereocenters. The van der Waals surface area contributed by atoms with E-state index < -0.39 is 0 Å². The molecular weight excluding hydrogens is 196 g/mol. The molecule has 0 saturated heterocycles. The zero-order valence-corrected chi connectivity index (χ0v) is 9.18. The van der Waals surface area contributed by atoms with E-state index in [9.17, 15) is 0 Å². The molecule has 0 radical (unpaired) electrons. The van der Waals surface area contributed by atoms with Gasteiger partial charge in [-0.05, 0) is 17.9 Å². The minimum absolute atomic E-state index is 0. The van der Waals surface area contributed by atoms with E-state index in [4.69, 9.17) is 11.1 Å². The maximum Gasteiger partial charge on any atom is 0.0911 e. The molecule has 2 nitrogen and oxygen atoms in total. The SMILES string of the molecule is CCC(CC(=N)N)c1ccccc1.Cl. The van der Waals surface area contributed by atoms with Crippen molar-refractivity contribution >= 4 is 18.2 Å². The monoisotopic (exact) mass is 212 g/mol. The van der Waals surface area contributed by atoms with Crippen molar-refractivity contribution < 1.29 is 0 Å². The Balaban J connectivity index is 0.00000169. The van der Waals surface area contributed by atoms with Crippen molar-refractivity contribution in [3.8, 4) is 0 Å². The minimum Gasteiger partial charge on any atom is -0.388 e. The Labute approximate surface area is 91.4 Å². The molecule has 78 valence electrons. The lowest BCUT2D eigenvalue weighted by Gasteiger charge is -2.13. The van der Waals surface area contributed by atoms with Crippen molar-refractivity contribution in [3.05, 3.63) is 35.9 Å². The van der Waals surface area contributed by atoms with Gasteiger partial charge in [0.05, 0.1) is 5.84 Å². The number of halogens is 1. The number of nitrogens with one attached hydrogen (secondary N) is 1. The fourth-order valence-corrected chi connectivity index (χ4v) is 1.49. The predicted octanol–water partition coefficient (Wildman–Crippen LogP) is 2.93. The summed E-state index contributed by atoms with van der Waals surface area (Å²) in [6.45, 7) is 2.13. The molecule has 1 rings (SSSR count). The standard InChI is InChI=1S/C11H16N2.ClH/c1-2-9(8-11(12)13)10-6-4-3-5-7-10;/h3-7,9H,2,8H2,1H3,(H3,12,13);1H. The van der Waals surface area contributed by atoms with Crippen LogP contribution in [0.25, 0.3) is 0 Å². The van der Waals surface area contributed by atoms with Crippen molar-refractivity contribution in [1.29, 1.82) is 5.41 Å². The first-order valence-electron chi connectivity index (χ1n) is 4.62. The van der Waals surface area contributed by atoms with Crippen molar-refractivity contribution in [2.45, 2.75) is 25.7 Å². The molecule has 0 bridgehead atoms. The van der Waals surface area contributed by atoms with E-state index >= 15 is 0 Å². The van der Waals surface area contributed by atoms with Gasteiger partial charge < -0.3 is 5.73 Å². The number of benzene rings is 1. The summed E-state index contributed by atoms with van der Waals surface area (Å²) in [6.07, 6.45) is 1.70. The third-order valence-corrected chi connectivity index (χ3v) is 2.23. The third kappa shape index (κ3) is 3.79. The highest BCUT2D eigenvalue weighted by atomic mass is 35.5. The van der Waals surface area contributed by atoms with Crippen LogP contribution in [0.1, 0.15) is 31.2 Å². The van der Waals surface area contributed by atoms with E-state index in [0.29, 0.717) is 12.3 Å². The summed E-state index contributed by atoms with van der Waals surface area (Å²) in [5.74, 6) is 0.675. The van der Waals surface area contributed by atoms with Crippen LogP contribution in [0.3, 0.4) is 0 Å². The quantitative estimate of drug-likeness (QED) is 0.585. The first-order valence-corrected chi connectivity index (χ1v) is 4.62. The summed E-state index contributed by atoms with van der Waals surface area (Å²) >= 11 is 0. The largest absolute Gasteiger partial charge is 0.388 e. The Morgan fingerprint density at radius 1 is 1.36 bits per heavy atom. The van der Waals surface area contributed by atoms with Gasteiger partial charge in [0.25, 0.3) is 0 Å². The first kappa shape index (κ1) is 13.0. The molecule has 1 aromatic carbocycles. The lowest BCUT2D eigenvalue weighted by Crippen LogP contribution is -2.14. The highest BCUT2D eigenvalue weighted by Crippen LogP contribution is 2.22. The summed E-state index contributed by atoms with van der Waals surface area (Å²) in [5.41, 5.74) is 6.67. The molecule has 3 heteroatoms. The van der Waals surface area contributed by atoms with Crippen LogP contribution in [0, 0.1) is 5.41 Å². The van der Waals surface area contributed by atoms with Crippen LogP contribution in [0.4, 0.5) is 0 Å². The number of hydrogen-bond donors (Lipinski definition) is 2. The fourth-order valence-electron chi connectivity index (χ4n) is 1.49. The average Bonchev–Trinajstić information content (AvgIpc) is 2.15. The minimum atomic E-state index is 0. The highest BCUT2D eigenvalue weighted by Gasteiger charge is 2.09. The predicted molar refractivity (Wildman–Crippen MR) is 63.3 cm³/mol. The zero-order valence-electron chi connectivity index (χ0n) is 8.36. The molecule has 0 heterocycles. The van der Waals surface area contributed by atoms with Gasteiger partial charge in [0.2, 0.25) is 0 Å². The van der Waals surface area contributed by atoms with Crippen molar-refractivity contribution in [1.82, 2.24) is 0 Å². The molecule has 14 heavy (non-hydrogen) atoms. The van der Waals surface area contributed by atoms with Crippen molar-refractivity contribution in [3.63, 3.8) is 0 Å². The van der Waals surface area contributed by atoms with Gasteiger partial charge in [-0.1, -0.05) is 37.3 Å². The first-order chi connectivity index (χ1) is 6.24. The highest BCUT2D eigenvalue weighted by molar-refractivity contribution is 5.85. The lowest BCUT2D eigenvalue weighted by molar-refractivity contribution is 0.687. The molecule has 0 spiro atoms. The number of hydrogen-bond acceptors (Lipinski definition) is 1. The second-order valence-electron chi connectivity index (χ2n) is 3.25. The smallest absolute Gasteiger partial charge is 0.0911 e. The summed E-state index contributed by atoms with van der Waals surface area (Å²) in [5, 5.41) is 7.26. The Morgan fingerprint density at radius 2 is 1.93 bits per heavy atom. The number of nitrogens with two attached hydrogens (primary N) is 1. The molecular formula is C11H17ClN2. The molecule has 0 fully saturated rings. The van der Waals surface area contributed by atoms with Crippen LogP contribution in [0.5, 0.6) is 0 Å². The summed E-state index contributed by atoms with van der Waals surface area (Å²) in [6, 6.07) is 10.2. The maximum atomic E-state index is 7.26. The Hall–Kier alpha value is -1.02. The normalized spacial score (nSPS) is 11.5. The summed E-state index contributed by atoms with van der Waals surface area (Å²) in [7, 11) is 0. The van der Waals surface area contributed by atoms with Crippen LogP contribution in [-0.4, -0.2) is 5.84 Å². The topological polar surface area (TPSA) is 49.9 Å². The average molecular weight is 213 g/mol. The second kappa shape index (κ2) is 6.44. The van der Waals surface area contributed by atoms with Crippen LogP contribution < -0.4 is 5.73 Å². The Bertz CT molecular complexity index is 272. The molecule has 0 saturated carbocycles. The van der Waals surface area contributed by atoms with E-state index in [1.807, 2.05) is 18.2 Å². The van der Waals surface area contributed by atoms with Crippen LogP contribution in [0.15, 0.2) is 30.3 Å². The van der Waals surface area contributed by atoms with Gasteiger partial charge in [0.15, 0.2) is 0 Å². The lowest BCUT2D eigenvalue weighted by atomic mass is 9.93. The van der Waals surface area contributed by atoms with Gasteiger partial charge in [-0.3, -0.25) is 5.41 Å². The van der Waals surface area contributed by atoms with E-state index in [-0.39, 0.29) is 18.2 Å². The van der Waals surface area contributed by atoms with E-state index in [1.54, 1.807) is 0 Å². The van der Waals surface area contributed by atoms with Crippen LogP contribution >= 0.6 is 12.4 Å². The maximum absolute atomic E-state index is 7.26. The summed E-state index contributed by atoms with van der Waals surface area (Å²) < 4.78 is 0. The molecule has 0 aromatic heterocycles. The summed E-state index contributed by atoms with van der Waals surface area (Å²) in [4.78, 5) is 0. The van der Waals surface area contributed by atoms with E-state index in [2.05, 4.69) is 19.1 Å². The molecule has 0 aliphatic heterocycles. The third-order valence-electron chi connectivity index (χ3n) is 2.23. The second-order valence-corrected chi connectivity index (χ2v) is 3.25. The van der Waals surface area contributed by atoms with Crippen LogP contribution in [0.2, 0.25) is 0 Å². The number of rotatable bonds is 4. The molecule has 3 N–H and O–H groups in total. The molecule has 1 aromatic rings. The number of amidine groups is 1. The van der Waals surface area contributed by atoms with Gasteiger partial charge in [-0.2, -0.15) is 0 Å². The van der Waals surface area contributed by atoms with E-state index in [1.165, 1.54) is 5.56 Å². The van der Waals surface area contributed by atoms with Gasteiger partial charge in [-0.15, -0.1) is 12.4 Å². The van der Waals surface area contributed by atoms with E-state index in [0.717, 1.165) is 6.42 Å². The molecule has 0 aliphatic rings. The Kier molecular flexibility index (Phi) is 5.97.